The number of para-hydroxylation sites is 1. The zero-order valence-electron chi connectivity index (χ0n) is 15.6. The van der Waals surface area contributed by atoms with Crippen molar-refractivity contribution >= 4 is 33.2 Å². The number of carbonyl (C=O) groups is 1. The largest absolute Gasteiger partial charge is 0.494 e. The molecule has 0 aliphatic carbocycles. The second kappa shape index (κ2) is 8.94. The second-order valence-corrected chi connectivity index (χ2v) is 8.92. The van der Waals surface area contributed by atoms with Crippen LogP contribution in [0.4, 0.5) is 5.69 Å². The van der Waals surface area contributed by atoms with Gasteiger partial charge in [0.15, 0.2) is 0 Å². The van der Waals surface area contributed by atoms with Gasteiger partial charge in [-0.3, -0.25) is 4.79 Å². The summed E-state index contributed by atoms with van der Waals surface area (Å²) in [5.41, 5.74) is 0.528. The van der Waals surface area contributed by atoms with Gasteiger partial charge < -0.3 is 10.1 Å². The first-order chi connectivity index (χ1) is 13.4. The van der Waals surface area contributed by atoms with Crippen LogP contribution in [0.5, 0.6) is 5.75 Å². The van der Waals surface area contributed by atoms with Crippen molar-refractivity contribution in [1.82, 2.24) is 4.31 Å². The Morgan fingerprint density at radius 1 is 1.21 bits per heavy atom. The molecule has 28 heavy (non-hydrogen) atoms. The van der Waals surface area contributed by atoms with E-state index < -0.39 is 15.9 Å². The summed E-state index contributed by atoms with van der Waals surface area (Å²) in [5, 5.41) is 3.25. The number of rotatable bonds is 6. The van der Waals surface area contributed by atoms with E-state index in [1.165, 1.54) is 16.4 Å². The Morgan fingerprint density at radius 2 is 1.93 bits per heavy atom. The van der Waals surface area contributed by atoms with E-state index in [1.54, 1.807) is 36.4 Å². The van der Waals surface area contributed by atoms with Crippen LogP contribution in [0.1, 0.15) is 19.8 Å². The quantitative estimate of drug-likeness (QED) is 0.768. The summed E-state index contributed by atoms with van der Waals surface area (Å²) in [6, 6.07) is 13.3. The first-order valence-corrected chi connectivity index (χ1v) is 11.0. The number of sulfonamides is 1. The second-order valence-electron chi connectivity index (χ2n) is 6.58. The SMILES string of the molecule is CCOc1ccc(S(=O)(=O)N2CCC[C@H](C(=O)Nc3ccccc3Cl)C2)cc1. The number of ether oxygens (including phenoxy) is 1. The number of hydrogen-bond donors (Lipinski definition) is 1. The van der Waals surface area contributed by atoms with E-state index in [4.69, 9.17) is 16.3 Å². The Balaban J connectivity index is 1.71. The predicted octanol–water partition coefficient (Wildman–Crippen LogP) is 3.78. The number of anilines is 1. The van der Waals surface area contributed by atoms with Gasteiger partial charge in [0.05, 0.1) is 28.1 Å². The highest BCUT2D eigenvalue weighted by atomic mass is 35.5. The van der Waals surface area contributed by atoms with E-state index in [0.29, 0.717) is 42.5 Å². The third-order valence-electron chi connectivity index (χ3n) is 4.66. The number of halogens is 1. The summed E-state index contributed by atoms with van der Waals surface area (Å²) in [6.45, 7) is 2.92. The van der Waals surface area contributed by atoms with Gasteiger partial charge in [-0.15, -0.1) is 0 Å². The molecule has 8 heteroatoms. The zero-order chi connectivity index (χ0) is 20.1. The molecule has 0 aromatic heterocycles. The lowest BCUT2D eigenvalue weighted by Gasteiger charge is -2.31. The van der Waals surface area contributed by atoms with Gasteiger partial charge in [0, 0.05) is 13.1 Å². The molecule has 1 aliphatic rings. The van der Waals surface area contributed by atoms with Crippen LogP contribution in [0.3, 0.4) is 0 Å². The number of nitrogens with one attached hydrogen (secondary N) is 1. The summed E-state index contributed by atoms with van der Waals surface area (Å²) in [6.07, 6.45) is 1.25. The van der Waals surface area contributed by atoms with Crippen LogP contribution in [0.15, 0.2) is 53.4 Å². The van der Waals surface area contributed by atoms with Crippen LogP contribution in [-0.4, -0.2) is 38.3 Å². The molecule has 150 valence electrons. The van der Waals surface area contributed by atoms with Crippen LogP contribution in [0, 0.1) is 5.92 Å². The zero-order valence-corrected chi connectivity index (χ0v) is 17.2. The molecule has 0 unspecified atom stereocenters. The number of carbonyl (C=O) groups excluding carboxylic acids is 1. The topological polar surface area (TPSA) is 75.7 Å². The van der Waals surface area contributed by atoms with Crippen molar-refractivity contribution in [1.29, 1.82) is 0 Å². The maximum atomic E-state index is 13.0. The molecule has 1 N–H and O–H groups in total. The molecule has 1 amide bonds. The van der Waals surface area contributed by atoms with Gasteiger partial charge in [0.25, 0.3) is 0 Å². The van der Waals surface area contributed by atoms with Crippen LogP contribution < -0.4 is 10.1 Å². The molecule has 0 spiro atoms. The molecule has 1 aliphatic heterocycles. The predicted molar refractivity (Wildman–Crippen MR) is 109 cm³/mol. The summed E-state index contributed by atoms with van der Waals surface area (Å²) in [7, 11) is -3.67. The van der Waals surface area contributed by atoms with Gasteiger partial charge in [0.2, 0.25) is 15.9 Å². The molecule has 6 nitrogen and oxygen atoms in total. The molecule has 2 aromatic carbocycles. The molecule has 3 rings (SSSR count). The van der Waals surface area contributed by atoms with Crippen LogP contribution in [0.2, 0.25) is 5.02 Å². The van der Waals surface area contributed by atoms with Gasteiger partial charge in [-0.2, -0.15) is 4.31 Å². The molecule has 0 saturated carbocycles. The number of hydrogen-bond acceptors (Lipinski definition) is 4. The Labute approximate surface area is 170 Å². The summed E-state index contributed by atoms with van der Waals surface area (Å²) in [5.74, 6) is -0.0284. The molecule has 1 fully saturated rings. The highest BCUT2D eigenvalue weighted by molar-refractivity contribution is 7.89. The smallest absolute Gasteiger partial charge is 0.243 e. The first-order valence-electron chi connectivity index (χ1n) is 9.20. The van der Waals surface area contributed by atoms with Crippen LogP contribution >= 0.6 is 11.6 Å². The Hall–Kier alpha value is -2.09. The van der Waals surface area contributed by atoms with Gasteiger partial charge in [-0.25, -0.2) is 8.42 Å². The standard InChI is InChI=1S/C20H23ClN2O4S/c1-2-27-16-9-11-17(12-10-16)28(25,26)23-13-5-6-15(14-23)20(24)22-19-8-4-3-7-18(19)21/h3-4,7-12,15H,2,5-6,13-14H2,1H3,(H,22,24)/t15-/m0/s1. The van der Waals surface area contributed by atoms with Crippen molar-refractivity contribution in [3.8, 4) is 5.75 Å². The maximum Gasteiger partial charge on any atom is 0.243 e. The minimum atomic E-state index is -3.67. The third kappa shape index (κ3) is 4.66. The molecular formula is C20H23ClN2O4S. The molecule has 1 heterocycles. The van der Waals surface area contributed by atoms with Crippen LogP contribution in [-0.2, 0) is 14.8 Å². The molecule has 1 saturated heterocycles. The molecule has 0 radical (unpaired) electrons. The Bertz CT molecular complexity index is 931. The maximum absolute atomic E-state index is 13.0. The summed E-state index contributed by atoms with van der Waals surface area (Å²) < 4.78 is 32.7. The average Bonchev–Trinajstić information content (AvgIpc) is 2.70. The van der Waals surface area contributed by atoms with Gasteiger partial charge in [-0.05, 0) is 56.2 Å². The minimum Gasteiger partial charge on any atom is -0.494 e. The van der Waals surface area contributed by atoms with Crippen molar-refractivity contribution in [2.75, 3.05) is 25.0 Å². The number of amides is 1. The molecule has 1 atom stereocenters. The third-order valence-corrected chi connectivity index (χ3v) is 6.87. The fraction of sp³-hybridized carbons (Fsp3) is 0.350. The van der Waals surface area contributed by atoms with E-state index in [0.717, 1.165) is 0 Å². The fourth-order valence-corrected chi connectivity index (χ4v) is 4.90. The van der Waals surface area contributed by atoms with Gasteiger partial charge in [0.1, 0.15) is 5.75 Å². The number of piperidine rings is 1. The highest BCUT2D eigenvalue weighted by Gasteiger charge is 2.33. The number of benzene rings is 2. The van der Waals surface area contributed by atoms with Crippen molar-refractivity contribution in [3.63, 3.8) is 0 Å². The van der Waals surface area contributed by atoms with Gasteiger partial charge in [-0.1, -0.05) is 23.7 Å². The van der Waals surface area contributed by atoms with E-state index in [2.05, 4.69) is 5.32 Å². The lowest BCUT2D eigenvalue weighted by atomic mass is 9.99. The minimum absolute atomic E-state index is 0.145. The van der Waals surface area contributed by atoms with Crippen LogP contribution in [0.25, 0.3) is 0 Å². The Kier molecular flexibility index (Phi) is 6.59. The Morgan fingerprint density at radius 3 is 2.61 bits per heavy atom. The molecule has 0 bridgehead atoms. The summed E-state index contributed by atoms with van der Waals surface area (Å²) >= 11 is 6.09. The summed E-state index contributed by atoms with van der Waals surface area (Å²) in [4.78, 5) is 12.8. The first kappa shape index (κ1) is 20.6. The van der Waals surface area contributed by atoms with Crippen molar-refractivity contribution in [3.05, 3.63) is 53.6 Å². The molecular weight excluding hydrogens is 400 g/mol. The van der Waals surface area contributed by atoms with Crippen molar-refractivity contribution < 1.29 is 17.9 Å². The van der Waals surface area contributed by atoms with E-state index in [9.17, 15) is 13.2 Å². The van der Waals surface area contributed by atoms with E-state index >= 15 is 0 Å². The van der Waals surface area contributed by atoms with Crippen molar-refractivity contribution in [2.45, 2.75) is 24.7 Å². The monoisotopic (exact) mass is 422 g/mol. The van der Waals surface area contributed by atoms with E-state index in [1.807, 2.05) is 6.92 Å². The van der Waals surface area contributed by atoms with Gasteiger partial charge >= 0.3 is 0 Å². The fourth-order valence-electron chi connectivity index (χ4n) is 3.20. The lowest BCUT2D eigenvalue weighted by molar-refractivity contribution is -0.120. The van der Waals surface area contributed by atoms with E-state index in [-0.39, 0.29) is 17.3 Å². The highest BCUT2D eigenvalue weighted by Crippen LogP contribution is 2.27. The number of nitrogens with zero attached hydrogens (tertiary/aromatic N) is 1. The average molecular weight is 423 g/mol. The lowest BCUT2D eigenvalue weighted by Crippen LogP contribution is -2.43. The molecule has 2 aromatic rings. The van der Waals surface area contributed by atoms with Crippen molar-refractivity contribution in [2.24, 2.45) is 5.92 Å². The normalized spacial score (nSPS) is 17.9.